The first kappa shape index (κ1) is 10.5. The maximum absolute atomic E-state index is 11.1. The summed E-state index contributed by atoms with van der Waals surface area (Å²) in [4.78, 5) is 11.1. The Balaban J connectivity index is 2.14. The number of nitrogens with zero attached hydrogens (tertiary/aromatic N) is 3. The van der Waals surface area contributed by atoms with Gasteiger partial charge in [-0.2, -0.15) is 5.10 Å². The molecular weight excluding hydrogens is 234 g/mol. The summed E-state index contributed by atoms with van der Waals surface area (Å²) in [5.41, 5.74) is 1.67. The van der Waals surface area contributed by atoms with E-state index in [-0.39, 0.29) is 5.69 Å². The maximum atomic E-state index is 11.1. The molecule has 6 nitrogen and oxygen atoms in total. The van der Waals surface area contributed by atoms with Crippen LogP contribution in [-0.4, -0.2) is 26.0 Å². The van der Waals surface area contributed by atoms with Crippen LogP contribution in [0.15, 0.2) is 41.2 Å². The van der Waals surface area contributed by atoms with Crippen molar-refractivity contribution in [3.8, 4) is 0 Å². The molecule has 0 atom stereocenters. The first-order valence-electron chi connectivity index (χ1n) is 5.33. The van der Waals surface area contributed by atoms with E-state index in [1.54, 1.807) is 23.0 Å². The van der Waals surface area contributed by atoms with Crippen LogP contribution in [0.5, 0.6) is 0 Å². The SMILES string of the molecule is O=C(O)c1nn(Cc2cnoc2)c2ccccc12. The van der Waals surface area contributed by atoms with Gasteiger partial charge >= 0.3 is 5.97 Å². The average molecular weight is 243 g/mol. The second-order valence-electron chi connectivity index (χ2n) is 3.86. The molecular formula is C12H9N3O3. The smallest absolute Gasteiger partial charge is 0.357 e. The Morgan fingerprint density at radius 2 is 2.22 bits per heavy atom. The van der Waals surface area contributed by atoms with Crippen LogP contribution in [0.1, 0.15) is 16.1 Å². The van der Waals surface area contributed by atoms with E-state index >= 15 is 0 Å². The van der Waals surface area contributed by atoms with Crippen molar-refractivity contribution in [3.05, 3.63) is 48.0 Å². The van der Waals surface area contributed by atoms with Gasteiger partial charge in [0.1, 0.15) is 6.26 Å². The Morgan fingerprint density at radius 3 is 2.94 bits per heavy atom. The highest BCUT2D eigenvalue weighted by atomic mass is 16.5. The summed E-state index contributed by atoms with van der Waals surface area (Å²) in [6.45, 7) is 0.428. The van der Waals surface area contributed by atoms with Gasteiger partial charge in [0, 0.05) is 10.9 Å². The lowest BCUT2D eigenvalue weighted by atomic mass is 10.2. The molecule has 0 amide bonds. The Labute approximate surface area is 101 Å². The van der Waals surface area contributed by atoms with Gasteiger partial charge in [-0.25, -0.2) is 4.79 Å². The number of aromatic carboxylic acids is 1. The molecule has 0 saturated heterocycles. The Morgan fingerprint density at radius 1 is 1.39 bits per heavy atom. The van der Waals surface area contributed by atoms with Gasteiger partial charge < -0.3 is 9.63 Å². The summed E-state index contributed by atoms with van der Waals surface area (Å²) in [5.74, 6) is -1.03. The predicted molar refractivity (Wildman–Crippen MR) is 62.3 cm³/mol. The van der Waals surface area contributed by atoms with Crippen molar-refractivity contribution in [2.24, 2.45) is 0 Å². The fourth-order valence-electron chi connectivity index (χ4n) is 1.88. The number of hydrogen-bond acceptors (Lipinski definition) is 4. The molecule has 3 aromatic rings. The largest absolute Gasteiger partial charge is 0.476 e. The molecule has 2 heterocycles. The number of rotatable bonds is 3. The molecule has 0 saturated carbocycles. The van der Waals surface area contributed by atoms with Crippen LogP contribution in [0.4, 0.5) is 0 Å². The van der Waals surface area contributed by atoms with Crippen LogP contribution < -0.4 is 0 Å². The first-order valence-corrected chi connectivity index (χ1v) is 5.33. The topological polar surface area (TPSA) is 81.1 Å². The number of fused-ring (bicyclic) bond motifs is 1. The van der Waals surface area contributed by atoms with Crippen molar-refractivity contribution in [3.63, 3.8) is 0 Å². The van der Waals surface area contributed by atoms with E-state index < -0.39 is 5.97 Å². The van der Waals surface area contributed by atoms with Crippen LogP contribution in [0.3, 0.4) is 0 Å². The number of para-hydroxylation sites is 1. The number of carboxylic acid groups (broad SMARTS) is 1. The second-order valence-corrected chi connectivity index (χ2v) is 3.86. The molecule has 1 aromatic carbocycles. The third kappa shape index (κ3) is 1.64. The van der Waals surface area contributed by atoms with Gasteiger partial charge in [0.25, 0.3) is 0 Å². The zero-order chi connectivity index (χ0) is 12.5. The number of carboxylic acids is 1. The van der Waals surface area contributed by atoms with E-state index in [1.807, 2.05) is 12.1 Å². The van der Waals surface area contributed by atoms with Crippen LogP contribution in [0, 0.1) is 0 Å². The van der Waals surface area contributed by atoms with E-state index in [1.165, 1.54) is 6.26 Å². The van der Waals surface area contributed by atoms with Crippen molar-refractivity contribution >= 4 is 16.9 Å². The van der Waals surface area contributed by atoms with Crippen LogP contribution in [0.25, 0.3) is 10.9 Å². The van der Waals surface area contributed by atoms with Gasteiger partial charge in [0.2, 0.25) is 0 Å². The summed E-state index contributed by atoms with van der Waals surface area (Å²) in [6.07, 6.45) is 3.09. The molecule has 3 rings (SSSR count). The fourth-order valence-corrected chi connectivity index (χ4v) is 1.88. The van der Waals surface area contributed by atoms with Crippen molar-refractivity contribution in [1.82, 2.24) is 14.9 Å². The minimum Gasteiger partial charge on any atom is -0.476 e. The normalized spacial score (nSPS) is 10.9. The van der Waals surface area contributed by atoms with Gasteiger partial charge in [-0.3, -0.25) is 4.68 Å². The minimum atomic E-state index is -1.03. The molecule has 0 aliphatic carbocycles. The summed E-state index contributed by atoms with van der Waals surface area (Å²) in [6, 6.07) is 7.22. The summed E-state index contributed by atoms with van der Waals surface area (Å²) in [5, 5.41) is 17.5. The van der Waals surface area contributed by atoms with Gasteiger partial charge in [-0.05, 0) is 6.07 Å². The Kier molecular flexibility index (Phi) is 2.33. The molecule has 0 unspecified atom stereocenters. The first-order chi connectivity index (χ1) is 8.75. The molecule has 0 radical (unpaired) electrons. The van der Waals surface area contributed by atoms with E-state index in [2.05, 4.69) is 10.3 Å². The quantitative estimate of drug-likeness (QED) is 0.758. The predicted octanol–water partition coefficient (Wildman–Crippen LogP) is 1.77. The lowest BCUT2D eigenvalue weighted by Gasteiger charge is -1.99. The van der Waals surface area contributed by atoms with E-state index in [9.17, 15) is 4.79 Å². The second kappa shape index (κ2) is 3.99. The Hall–Kier alpha value is -2.63. The number of carbonyl (C=O) groups is 1. The van der Waals surface area contributed by atoms with Gasteiger partial charge in [-0.1, -0.05) is 23.4 Å². The Bertz CT molecular complexity index is 701. The highest BCUT2D eigenvalue weighted by Crippen LogP contribution is 2.19. The molecule has 0 spiro atoms. The zero-order valence-corrected chi connectivity index (χ0v) is 9.28. The van der Waals surface area contributed by atoms with Gasteiger partial charge in [0.15, 0.2) is 5.69 Å². The summed E-state index contributed by atoms with van der Waals surface area (Å²) >= 11 is 0. The molecule has 1 N–H and O–H groups in total. The number of hydrogen-bond donors (Lipinski definition) is 1. The molecule has 6 heteroatoms. The lowest BCUT2D eigenvalue weighted by Crippen LogP contribution is -2.03. The maximum Gasteiger partial charge on any atom is 0.357 e. The van der Waals surface area contributed by atoms with Gasteiger partial charge in [-0.15, -0.1) is 0 Å². The van der Waals surface area contributed by atoms with Crippen LogP contribution >= 0.6 is 0 Å². The van der Waals surface area contributed by atoms with Gasteiger partial charge in [0.05, 0.1) is 18.3 Å². The zero-order valence-electron chi connectivity index (χ0n) is 9.28. The molecule has 90 valence electrons. The number of benzene rings is 1. The number of aromatic nitrogens is 3. The molecule has 18 heavy (non-hydrogen) atoms. The molecule has 2 aromatic heterocycles. The minimum absolute atomic E-state index is 0.0575. The highest BCUT2D eigenvalue weighted by molar-refractivity contribution is 6.01. The van der Waals surface area contributed by atoms with E-state index in [4.69, 9.17) is 9.63 Å². The fraction of sp³-hybridized carbons (Fsp3) is 0.0833. The van der Waals surface area contributed by atoms with Crippen LogP contribution in [-0.2, 0) is 6.54 Å². The van der Waals surface area contributed by atoms with E-state index in [0.29, 0.717) is 11.9 Å². The summed E-state index contributed by atoms with van der Waals surface area (Å²) < 4.78 is 6.38. The third-order valence-electron chi connectivity index (χ3n) is 2.68. The monoisotopic (exact) mass is 243 g/mol. The summed E-state index contributed by atoms with van der Waals surface area (Å²) in [7, 11) is 0. The average Bonchev–Trinajstić information content (AvgIpc) is 2.98. The third-order valence-corrected chi connectivity index (χ3v) is 2.68. The van der Waals surface area contributed by atoms with Crippen molar-refractivity contribution < 1.29 is 14.4 Å². The molecule has 0 fully saturated rings. The standard InChI is InChI=1S/C12H9N3O3/c16-12(17)11-9-3-1-2-4-10(9)15(14-11)6-8-5-13-18-7-8/h1-5,7H,6H2,(H,16,17). The van der Waals surface area contributed by atoms with E-state index in [0.717, 1.165) is 11.1 Å². The molecule has 0 aliphatic heterocycles. The molecule has 0 bridgehead atoms. The lowest BCUT2D eigenvalue weighted by molar-refractivity contribution is 0.0691. The highest BCUT2D eigenvalue weighted by Gasteiger charge is 2.15. The van der Waals surface area contributed by atoms with Crippen molar-refractivity contribution in [2.75, 3.05) is 0 Å². The van der Waals surface area contributed by atoms with Crippen molar-refractivity contribution in [2.45, 2.75) is 6.54 Å². The van der Waals surface area contributed by atoms with Crippen molar-refractivity contribution in [1.29, 1.82) is 0 Å². The van der Waals surface area contributed by atoms with Crippen LogP contribution in [0.2, 0.25) is 0 Å². The molecule has 0 aliphatic rings.